The molecule has 0 saturated carbocycles. The van der Waals surface area contributed by atoms with Gasteiger partial charge in [0, 0.05) is 0 Å². The molecule has 0 saturated heterocycles. The Balaban J connectivity index is 0.00000312. The van der Waals surface area contributed by atoms with E-state index in [9.17, 15) is 30.7 Å². The predicted octanol–water partition coefficient (Wildman–Crippen LogP) is 4.61. The summed E-state index contributed by atoms with van der Waals surface area (Å²) in [4.78, 5) is 3.17. The predicted molar refractivity (Wildman–Crippen MR) is 75.6 cm³/mol. The van der Waals surface area contributed by atoms with Gasteiger partial charge in [-0.1, -0.05) is 12.1 Å². The molecule has 1 aromatic heterocycles. The number of rotatable bonds is 3. The Morgan fingerprint density at radius 3 is 1.96 bits per heavy atom. The molecular weight excluding hydrogens is 381 g/mol. The van der Waals surface area contributed by atoms with Gasteiger partial charge in [0.25, 0.3) is 0 Å². The van der Waals surface area contributed by atoms with Gasteiger partial charge in [-0.15, -0.1) is 25.6 Å². The summed E-state index contributed by atoms with van der Waals surface area (Å²) in [5, 5.41) is 0. The van der Waals surface area contributed by atoms with Crippen molar-refractivity contribution in [1.29, 1.82) is 0 Å². The Hall–Kier alpha value is -2.07. The van der Waals surface area contributed by atoms with E-state index in [4.69, 9.17) is 5.73 Å². The summed E-state index contributed by atoms with van der Waals surface area (Å²) in [5.41, 5.74) is 3.92. The quantitative estimate of drug-likeness (QED) is 0.779. The van der Waals surface area contributed by atoms with E-state index in [1.165, 1.54) is 0 Å². The van der Waals surface area contributed by atoms with Crippen LogP contribution in [0.2, 0.25) is 0 Å². The molecule has 2 N–H and O–H groups in total. The van der Waals surface area contributed by atoms with Crippen molar-refractivity contribution in [3.05, 3.63) is 59.2 Å². The maximum absolute atomic E-state index is 13.2. The number of hydrogen-bond donors (Lipinski definition) is 1. The highest BCUT2D eigenvalue weighted by Crippen LogP contribution is 2.31. The molecule has 1 atom stereocenters. The van der Waals surface area contributed by atoms with Crippen molar-refractivity contribution in [1.82, 2.24) is 4.98 Å². The second kappa shape index (κ2) is 7.44. The largest absolute Gasteiger partial charge is 0.573 e. The first-order chi connectivity index (χ1) is 11.0. The molecule has 0 spiro atoms. The molecule has 1 aromatic carbocycles. The minimum atomic E-state index is -5.00. The second-order valence-electron chi connectivity index (χ2n) is 4.66. The zero-order valence-corrected chi connectivity index (χ0v) is 12.8. The van der Waals surface area contributed by atoms with Crippen molar-refractivity contribution in [3.63, 3.8) is 0 Å². The fourth-order valence-corrected chi connectivity index (χ4v) is 1.88. The first-order valence-corrected chi connectivity index (χ1v) is 6.32. The monoisotopic (exact) mass is 390 g/mol. The summed E-state index contributed by atoms with van der Waals surface area (Å²) >= 11 is 0. The van der Waals surface area contributed by atoms with Gasteiger partial charge in [-0.05, 0) is 29.8 Å². The van der Waals surface area contributed by atoms with Crippen LogP contribution in [0.5, 0.6) is 5.75 Å². The van der Waals surface area contributed by atoms with Crippen LogP contribution in [0.4, 0.5) is 30.7 Å². The maximum Gasteiger partial charge on any atom is 0.573 e. The van der Waals surface area contributed by atoms with E-state index in [-0.39, 0.29) is 23.7 Å². The second-order valence-corrected chi connectivity index (χ2v) is 4.66. The van der Waals surface area contributed by atoms with Gasteiger partial charge in [-0.2, -0.15) is 13.2 Å². The SMILES string of the molecule is Cl.NC(c1ccc(OC(F)(F)F)cc1)c1ccc(F)c(C(F)(F)F)n1. The van der Waals surface area contributed by atoms with Crippen molar-refractivity contribution in [2.45, 2.75) is 18.6 Å². The normalized spacial score (nSPS) is 13.1. The summed E-state index contributed by atoms with van der Waals surface area (Å²) in [6.45, 7) is 0. The number of pyridine rings is 1. The highest BCUT2D eigenvalue weighted by molar-refractivity contribution is 5.85. The van der Waals surface area contributed by atoms with Gasteiger partial charge in [0.2, 0.25) is 0 Å². The van der Waals surface area contributed by atoms with E-state index in [0.29, 0.717) is 6.07 Å². The third kappa shape index (κ3) is 5.46. The molecule has 0 bridgehead atoms. The summed E-state index contributed by atoms with van der Waals surface area (Å²) in [6.07, 6.45) is -9.87. The van der Waals surface area contributed by atoms with Gasteiger partial charge < -0.3 is 10.5 Å². The van der Waals surface area contributed by atoms with Gasteiger partial charge in [-0.25, -0.2) is 9.37 Å². The molecule has 3 nitrogen and oxygen atoms in total. The zero-order chi connectivity index (χ0) is 18.1. The molecule has 2 aromatic rings. The molecule has 0 aliphatic carbocycles. The summed E-state index contributed by atoms with van der Waals surface area (Å²) < 4.78 is 91.0. The van der Waals surface area contributed by atoms with Gasteiger partial charge in [0.15, 0.2) is 11.5 Å². The van der Waals surface area contributed by atoms with Crippen LogP contribution in [0.1, 0.15) is 23.0 Å². The van der Waals surface area contributed by atoms with Crippen LogP contribution in [-0.4, -0.2) is 11.3 Å². The van der Waals surface area contributed by atoms with Gasteiger partial charge in [0.05, 0.1) is 11.7 Å². The number of nitrogens with two attached hydrogens (primary N) is 1. The molecular formula is C14H10ClF7N2O. The highest BCUT2D eigenvalue weighted by Gasteiger charge is 2.36. The van der Waals surface area contributed by atoms with Gasteiger partial charge in [-0.3, -0.25) is 0 Å². The molecule has 1 unspecified atom stereocenters. The molecule has 0 fully saturated rings. The van der Waals surface area contributed by atoms with Crippen LogP contribution in [0.25, 0.3) is 0 Å². The first-order valence-electron chi connectivity index (χ1n) is 6.32. The van der Waals surface area contributed by atoms with Gasteiger partial charge in [0.1, 0.15) is 5.75 Å². The Morgan fingerprint density at radius 1 is 0.920 bits per heavy atom. The van der Waals surface area contributed by atoms with E-state index < -0.39 is 35.8 Å². The number of alkyl halides is 6. The standard InChI is InChI=1S/C14H9F7N2O.ClH/c15-9-5-6-10(23-12(9)13(16,17)18)11(22)7-1-3-8(4-2-7)24-14(19,20)21;/h1-6,11H,22H2;1H. The Kier molecular flexibility index (Phi) is 6.24. The van der Waals surface area contributed by atoms with Crippen molar-refractivity contribution < 1.29 is 35.5 Å². The Morgan fingerprint density at radius 2 is 1.48 bits per heavy atom. The molecule has 1 heterocycles. The molecule has 0 radical (unpaired) electrons. The highest BCUT2D eigenvalue weighted by atomic mass is 35.5. The lowest BCUT2D eigenvalue weighted by atomic mass is 10.0. The molecule has 2 rings (SSSR count). The number of ether oxygens (including phenoxy) is 1. The van der Waals surface area contributed by atoms with Crippen molar-refractivity contribution >= 4 is 12.4 Å². The maximum atomic E-state index is 13.2. The number of halogens is 8. The van der Waals surface area contributed by atoms with Crippen molar-refractivity contribution in [2.24, 2.45) is 5.73 Å². The van der Waals surface area contributed by atoms with E-state index >= 15 is 0 Å². The average Bonchev–Trinajstić information content (AvgIpc) is 2.45. The molecule has 138 valence electrons. The van der Waals surface area contributed by atoms with Crippen LogP contribution < -0.4 is 10.5 Å². The van der Waals surface area contributed by atoms with Crippen LogP contribution in [0.15, 0.2) is 36.4 Å². The van der Waals surface area contributed by atoms with E-state index in [2.05, 4.69) is 9.72 Å². The van der Waals surface area contributed by atoms with Crippen molar-refractivity contribution in [3.8, 4) is 5.75 Å². The minimum Gasteiger partial charge on any atom is -0.406 e. The van der Waals surface area contributed by atoms with Crippen molar-refractivity contribution in [2.75, 3.05) is 0 Å². The molecule has 25 heavy (non-hydrogen) atoms. The number of nitrogens with zero attached hydrogens (tertiary/aromatic N) is 1. The lowest BCUT2D eigenvalue weighted by Crippen LogP contribution is -2.19. The number of aromatic nitrogens is 1. The lowest BCUT2D eigenvalue weighted by Gasteiger charge is -2.15. The smallest absolute Gasteiger partial charge is 0.406 e. The van der Waals surface area contributed by atoms with Crippen LogP contribution >= 0.6 is 12.4 Å². The van der Waals surface area contributed by atoms with E-state index in [1.54, 1.807) is 0 Å². The summed E-state index contributed by atoms with van der Waals surface area (Å²) in [7, 11) is 0. The van der Waals surface area contributed by atoms with E-state index in [1.807, 2.05) is 0 Å². The van der Waals surface area contributed by atoms with Crippen LogP contribution in [0.3, 0.4) is 0 Å². The average molecular weight is 391 g/mol. The van der Waals surface area contributed by atoms with E-state index in [0.717, 1.165) is 30.3 Å². The topological polar surface area (TPSA) is 48.1 Å². The lowest BCUT2D eigenvalue weighted by molar-refractivity contribution is -0.274. The number of hydrogen-bond acceptors (Lipinski definition) is 3. The molecule has 0 aliphatic heterocycles. The third-order valence-corrected chi connectivity index (χ3v) is 2.93. The third-order valence-electron chi connectivity index (χ3n) is 2.93. The van der Waals surface area contributed by atoms with Crippen LogP contribution in [-0.2, 0) is 6.18 Å². The fraction of sp³-hybridized carbons (Fsp3) is 0.214. The summed E-state index contributed by atoms with van der Waals surface area (Å²) in [5.74, 6) is -2.06. The fourth-order valence-electron chi connectivity index (χ4n) is 1.88. The summed E-state index contributed by atoms with van der Waals surface area (Å²) in [6, 6.07) is 4.55. The Bertz CT molecular complexity index is 717. The first kappa shape index (κ1) is 21.0. The van der Waals surface area contributed by atoms with Gasteiger partial charge >= 0.3 is 12.5 Å². The molecule has 0 amide bonds. The Labute approximate surface area is 143 Å². The van der Waals surface area contributed by atoms with Crippen LogP contribution in [0, 0.1) is 5.82 Å². The number of benzene rings is 1. The molecule has 0 aliphatic rings. The zero-order valence-electron chi connectivity index (χ0n) is 12.0. The minimum absolute atomic E-state index is 0. The molecule has 11 heteroatoms.